The predicted molar refractivity (Wildman–Crippen MR) is 210 cm³/mol. The van der Waals surface area contributed by atoms with Gasteiger partial charge in [-0.25, -0.2) is 4.57 Å². The van der Waals surface area contributed by atoms with Crippen LogP contribution in [0.2, 0.25) is 0 Å². The molecule has 0 aliphatic heterocycles. The number of hydrogen-bond donors (Lipinski definition) is 2. The SMILES string of the molecule is CCCCC/C=C\C=C\C(=O)CCCCCCCC(=O)OC[C@H](COP(=O)(O)OCCN)O/C=C/CCCCCCCCCCCCCCCC. The number of phosphoric ester groups is 1. The Balaban J connectivity index is 4.19. The van der Waals surface area contributed by atoms with Crippen LogP contribution < -0.4 is 5.73 Å². The monoisotopic (exact) mass is 742 g/mol. The first-order valence-corrected chi connectivity index (χ1v) is 22.0. The van der Waals surface area contributed by atoms with Crippen molar-refractivity contribution in [1.29, 1.82) is 0 Å². The number of rotatable bonds is 39. The molecule has 0 heterocycles. The van der Waals surface area contributed by atoms with Gasteiger partial charge >= 0.3 is 13.8 Å². The van der Waals surface area contributed by atoms with E-state index in [0.717, 1.165) is 44.9 Å². The van der Waals surface area contributed by atoms with E-state index in [9.17, 15) is 19.0 Å². The molecule has 0 amide bonds. The minimum absolute atomic E-state index is 0.0834. The molecule has 298 valence electrons. The lowest BCUT2D eigenvalue weighted by Crippen LogP contribution is -2.25. The van der Waals surface area contributed by atoms with Crippen molar-refractivity contribution in [3.63, 3.8) is 0 Å². The number of unbranched alkanes of at least 4 members (excludes halogenated alkanes) is 21. The van der Waals surface area contributed by atoms with Gasteiger partial charge in [0.2, 0.25) is 0 Å². The minimum atomic E-state index is -4.29. The second-order valence-corrected chi connectivity index (χ2v) is 15.1. The second kappa shape index (κ2) is 38.0. The van der Waals surface area contributed by atoms with Crippen LogP contribution in [0, 0.1) is 0 Å². The smallest absolute Gasteiger partial charge is 0.472 e. The predicted octanol–water partition coefficient (Wildman–Crippen LogP) is 11.4. The number of hydrogen-bond acceptors (Lipinski definition) is 8. The highest BCUT2D eigenvalue weighted by Crippen LogP contribution is 2.43. The fraction of sp³-hybridized carbons (Fsp3) is 0.805. The van der Waals surface area contributed by atoms with Crippen molar-refractivity contribution in [2.75, 3.05) is 26.4 Å². The van der Waals surface area contributed by atoms with Gasteiger partial charge in [-0.05, 0) is 50.7 Å². The molecule has 3 N–H and O–H groups in total. The highest BCUT2D eigenvalue weighted by molar-refractivity contribution is 7.47. The summed E-state index contributed by atoms with van der Waals surface area (Å²) >= 11 is 0. The lowest BCUT2D eigenvalue weighted by atomic mass is 10.0. The third kappa shape index (κ3) is 37.8. The molecule has 0 aromatic heterocycles. The van der Waals surface area contributed by atoms with Gasteiger partial charge in [-0.1, -0.05) is 148 Å². The summed E-state index contributed by atoms with van der Waals surface area (Å²) in [6, 6.07) is 0. The molecule has 0 fully saturated rings. The van der Waals surface area contributed by atoms with Gasteiger partial charge in [0.15, 0.2) is 11.9 Å². The third-order valence-corrected chi connectivity index (χ3v) is 9.61. The summed E-state index contributed by atoms with van der Waals surface area (Å²) in [5, 5.41) is 0. The van der Waals surface area contributed by atoms with Crippen LogP contribution in [-0.4, -0.2) is 49.1 Å². The molecule has 0 aliphatic rings. The van der Waals surface area contributed by atoms with Crippen LogP contribution in [0.1, 0.15) is 181 Å². The van der Waals surface area contributed by atoms with E-state index in [1.165, 1.54) is 103 Å². The van der Waals surface area contributed by atoms with E-state index in [4.69, 9.17) is 24.3 Å². The number of allylic oxidation sites excluding steroid dienone is 5. The standard InChI is InChI=1S/C41H76NO8P/c1-3-5-7-9-11-12-13-14-15-16-17-18-19-21-26-30-35-47-40(38-50-51(45,46)49-36-34-42)37-48-41(44)33-29-25-22-24-28-32-39(43)31-27-23-20-10-8-6-4-2/h20,23,27,30-31,35,40H,3-19,21-22,24-26,28-29,32-34,36-38,42H2,1-2H3,(H,45,46)/b23-20-,31-27+,35-30+/t40-/m1/s1. The Bertz CT molecular complexity index is 939. The molecular formula is C41H76NO8P. The van der Waals surface area contributed by atoms with Crippen LogP contribution in [0.5, 0.6) is 0 Å². The molecule has 0 saturated heterocycles. The van der Waals surface area contributed by atoms with Gasteiger partial charge in [-0.2, -0.15) is 0 Å². The maximum absolute atomic E-state index is 12.4. The van der Waals surface area contributed by atoms with Crippen LogP contribution in [0.15, 0.2) is 36.6 Å². The molecule has 0 aromatic rings. The van der Waals surface area contributed by atoms with E-state index in [-0.39, 0.29) is 44.5 Å². The second-order valence-electron chi connectivity index (χ2n) is 13.6. The van der Waals surface area contributed by atoms with Crippen molar-refractivity contribution in [3.05, 3.63) is 36.6 Å². The molecule has 51 heavy (non-hydrogen) atoms. The van der Waals surface area contributed by atoms with E-state index in [0.29, 0.717) is 12.8 Å². The molecule has 1 unspecified atom stereocenters. The molecular weight excluding hydrogens is 665 g/mol. The topological polar surface area (TPSA) is 134 Å². The molecule has 10 heteroatoms. The van der Waals surface area contributed by atoms with Gasteiger partial charge in [0.1, 0.15) is 6.61 Å². The fourth-order valence-electron chi connectivity index (χ4n) is 5.49. The zero-order valence-electron chi connectivity index (χ0n) is 32.6. The number of esters is 1. The Morgan fingerprint density at radius 1 is 0.647 bits per heavy atom. The van der Waals surface area contributed by atoms with Crippen LogP contribution in [0.25, 0.3) is 0 Å². The highest BCUT2D eigenvalue weighted by atomic mass is 31.2. The Kier molecular flexibility index (Phi) is 36.7. The van der Waals surface area contributed by atoms with Crippen molar-refractivity contribution in [3.8, 4) is 0 Å². The van der Waals surface area contributed by atoms with E-state index >= 15 is 0 Å². The normalized spacial score (nSPS) is 13.7. The Hall–Kier alpha value is -1.77. The largest absolute Gasteiger partial charge is 0.492 e. The number of ketones is 1. The van der Waals surface area contributed by atoms with Crippen LogP contribution in [0.4, 0.5) is 0 Å². The maximum atomic E-state index is 12.4. The van der Waals surface area contributed by atoms with Crippen molar-refractivity contribution < 1.29 is 37.6 Å². The summed E-state index contributed by atoms with van der Waals surface area (Å²) in [7, 11) is -4.29. The first-order valence-electron chi connectivity index (χ1n) is 20.5. The maximum Gasteiger partial charge on any atom is 0.472 e. The van der Waals surface area contributed by atoms with Crippen LogP contribution in [0.3, 0.4) is 0 Å². The van der Waals surface area contributed by atoms with Gasteiger partial charge in [0.25, 0.3) is 0 Å². The first-order chi connectivity index (χ1) is 24.8. The number of phosphoric acid groups is 1. The molecule has 0 spiro atoms. The average Bonchev–Trinajstić information content (AvgIpc) is 3.12. The highest BCUT2D eigenvalue weighted by Gasteiger charge is 2.24. The van der Waals surface area contributed by atoms with E-state index in [1.54, 1.807) is 12.3 Å². The number of carbonyl (C=O) groups excluding carboxylic acids is 2. The molecule has 0 saturated carbocycles. The zero-order valence-corrected chi connectivity index (χ0v) is 33.5. The zero-order chi connectivity index (χ0) is 37.5. The fourth-order valence-corrected chi connectivity index (χ4v) is 6.26. The first kappa shape index (κ1) is 49.2. The Morgan fingerprint density at radius 3 is 1.76 bits per heavy atom. The summed E-state index contributed by atoms with van der Waals surface area (Å²) in [6.45, 7) is 4.03. The van der Waals surface area contributed by atoms with E-state index < -0.39 is 13.9 Å². The Morgan fingerprint density at radius 2 is 1.16 bits per heavy atom. The lowest BCUT2D eigenvalue weighted by molar-refractivity contribution is -0.147. The summed E-state index contributed by atoms with van der Waals surface area (Å²) in [5.41, 5.74) is 5.35. The van der Waals surface area contributed by atoms with Gasteiger partial charge < -0.3 is 20.1 Å². The number of ether oxygens (including phenoxy) is 2. The van der Waals surface area contributed by atoms with E-state index in [2.05, 4.69) is 19.9 Å². The third-order valence-electron chi connectivity index (χ3n) is 8.63. The van der Waals surface area contributed by atoms with Gasteiger partial charge in [0, 0.05) is 19.4 Å². The summed E-state index contributed by atoms with van der Waals surface area (Å²) in [4.78, 5) is 34.2. The van der Waals surface area contributed by atoms with Gasteiger partial charge in [-0.15, -0.1) is 0 Å². The molecule has 0 bridgehead atoms. The lowest BCUT2D eigenvalue weighted by Gasteiger charge is -2.19. The molecule has 2 atom stereocenters. The van der Waals surface area contributed by atoms with Crippen LogP contribution >= 0.6 is 7.82 Å². The molecule has 0 rings (SSSR count). The van der Waals surface area contributed by atoms with Gasteiger partial charge in [-0.3, -0.25) is 18.6 Å². The van der Waals surface area contributed by atoms with Gasteiger partial charge in [0.05, 0.1) is 19.5 Å². The number of carbonyl (C=O) groups is 2. The quantitative estimate of drug-likeness (QED) is 0.0158. The number of nitrogens with two attached hydrogens (primary N) is 1. The molecule has 0 radical (unpaired) electrons. The minimum Gasteiger partial charge on any atom is -0.492 e. The molecule has 0 aromatic carbocycles. The molecule has 9 nitrogen and oxygen atoms in total. The summed E-state index contributed by atoms with van der Waals surface area (Å²) < 4.78 is 33.1. The molecule has 0 aliphatic carbocycles. The van der Waals surface area contributed by atoms with Crippen LogP contribution in [-0.2, 0) is 32.7 Å². The van der Waals surface area contributed by atoms with Crippen molar-refractivity contribution in [2.45, 2.75) is 187 Å². The van der Waals surface area contributed by atoms with Crippen molar-refractivity contribution >= 4 is 19.6 Å². The van der Waals surface area contributed by atoms with E-state index in [1.807, 2.05) is 18.2 Å². The van der Waals surface area contributed by atoms with Crippen molar-refractivity contribution in [1.82, 2.24) is 0 Å². The van der Waals surface area contributed by atoms with Crippen molar-refractivity contribution in [2.24, 2.45) is 5.73 Å². The Labute approximate surface area is 312 Å². The average molecular weight is 742 g/mol. The summed E-state index contributed by atoms with van der Waals surface area (Å²) in [5.74, 6) is -0.213. The summed E-state index contributed by atoms with van der Waals surface area (Å²) in [6.07, 6.45) is 39.3.